The van der Waals surface area contributed by atoms with E-state index in [0.717, 1.165) is 53.7 Å². The zero-order valence-electron chi connectivity index (χ0n) is 15.2. The van der Waals surface area contributed by atoms with Crippen molar-refractivity contribution in [1.29, 1.82) is 0 Å². The Kier molecular flexibility index (Phi) is 4.64. The zero-order chi connectivity index (χ0) is 18.1. The minimum absolute atomic E-state index is 0.364. The van der Waals surface area contributed by atoms with Crippen molar-refractivity contribution in [3.63, 3.8) is 0 Å². The number of hydrogen-bond acceptors (Lipinski definition) is 3. The molecule has 26 heavy (non-hydrogen) atoms. The van der Waals surface area contributed by atoms with Crippen molar-refractivity contribution >= 4 is 34.1 Å². The first-order valence-corrected chi connectivity index (χ1v) is 9.49. The van der Waals surface area contributed by atoms with Crippen LogP contribution in [0.1, 0.15) is 35.8 Å². The summed E-state index contributed by atoms with van der Waals surface area (Å²) in [6.07, 6.45) is 2.00. The molecule has 1 aliphatic heterocycles. The molecule has 134 valence electrons. The minimum Gasteiger partial charge on any atom is -0.440 e. The Balaban J connectivity index is 1.38. The largest absolute Gasteiger partial charge is 0.440 e. The summed E-state index contributed by atoms with van der Waals surface area (Å²) in [4.78, 5) is 6.90. The number of rotatable bonds is 2. The highest BCUT2D eigenvalue weighted by molar-refractivity contribution is 7.80. The molecule has 0 amide bonds. The molecule has 3 aromatic rings. The Morgan fingerprint density at radius 2 is 1.88 bits per heavy atom. The molecule has 1 saturated heterocycles. The number of aromatic nitrogens is 1. The maximum atomic E-state index is 5.95. The fourth-order valence-corrected chi connectivity index (χ4v) is 3.72. The summed E-state index contributed by atoms with van der Waals surface area (Å²) in [5, 5.41) is 4.17. The van der Waals surface area contributed by atoms with Crippen LogP contribution in [0.4, 0.5) is 5.69 Å². The van der Waals surface area contributed by atoms with Crippen LogP contribution in [0.15, 0.2) is 46.9 Å². The van der Waals surface area contributed by atoms with Gasteiger partial charge >= 0.3 is 0 Å². The fourth-order valence-electron chi connectivity index (χ4n) is 3.42. The number of anilines is 1. The van der Waals surface area contributed by atoms with Crippen molar-refractivity contribution in [2.45, 2.75) is 32.6 Å². The smallest absolute Gasteiger partial charge is 0.198 e. The molecule has 1 aliphatic rings. The van der Waals surface area contributed by atoms with E-state index in [0.29, 0.717) is 5.92 Å². The topological polar surface area (TPSA) is 41.3 Å². The summed E-state index contributed by atoms with van der Waals surface area (Å²) in [5.41, 5.74) is 5.43. The van der Waals surface area contributed by atoms with Gasteiger partial charge in [-0.1, -0.05) is 18.2 Å². The molecule has 1 aromatic heterocycles. The number of hydrogen-bond donors (Lipinski definition) is 1. The van der Waals surface area contributed by atoms with Gasteiger partial charge in [0, 0.05) is 24.7 Å². The predicted molar refractivity (Wildman–Crippen MR) is 110 cm³/mol. The first-order chi connectivity index (χ1) is 12.6. The molecule has 2 aromatic carbocycles. The highest BCUT2D eigenvalue weighted by Gasteiger charge is 2.25. The van der Waals surface area contributed by atoms with E-state index in [9.17, 15) is 0 Å². The van der Waals surface area contributed by atoms with Crippen LogP contribution >= 0.6 is 12.2 Å². The molecule has 0 unspecified atom stereocenters. The van der Waals surface area contributed by atoms with Gasteiger partial charge in [0.1, 0.15) is 5.52 Å². The molecule has 0 spiro atoms. The van der Waals surface area contributed by atoms with Gasteiger partial charge in [-0.3, -0.25) is 0 Å². The van der Waals surface area contributed by atoms with Crippen molar-refractivity contribution in [2.75, 3.05) is 18.4 Å². The van der Waals surface area contributed by atoms with Crippen LogP contribution in [0.2, 0.25) is 0 Å². The molecule has 0 aliphatic carbocycles. The second-order valence-corrected chi connectivity index (χ2v) is 7.40. The van der Waals surface area contributed by atoms with Crippen molar-refractivity contribution in [3.8, 4) is 0 Å². The van der Waals surface area contributed by atoms with Gasteiger partial charge in [-0.05, 0) is 74.3 Å². The first kappa shape index (κ1) is 17.0. The number of benzene rings is 2. The molecule has 1 fully saturated rings. The Labute approximate surface area is 159 Å². The van der Waals surface area contributed by atoms with Crippen LogP contribution in [0.3, 0.4) is 0 Å². The van der Waals surface area contributed by atoms with Crippen molar-refractivity contribution in [1.82, 2.24) is 9.88 Å². The molecular weight excluding hydrogens is 342 g/mol. The summed E-state index contributed by atoms with van der Waals surface area (Å²) in [6, 6.07) is 14.3. The Morgan fingerprint density at radius 3 is 2.62 bits per heavy atom. The summed E-state index contributed by atoms with van der Waals surface area (Å²) < 4.78 is 5.95. The lowest BCUT2D eigenvalue weighted by molar-refractivity contribution is 0.290. The number of nitrogens with zero attached hydrogens (tertiary/aromatic N) is 2. The quantitative estimate of drug-likeness (QED) is 0.646. The molecule has 2 heterocycles. The monoisotopic (exact) mass is 365 g/mol. The maximum absolute atomic E-state index is 5.95. The van der Waals surface area contributed by atoms with Crippen molar-refractivity contribution < 1.29 is 4.42 Å². The van der Waals surface area contributed by atoms with E-state index in [1.807, 2.05) is 24.3 Å². The second kappa shape index (κ2) is 7.08. The molecular formula is C21H23N3OS. The molecule has 0 atom stereocenters. The Bertz CT molecular complexity index is 908. The standard InChI is InChI=1S/C21H23N3OS/c1-14-7-8-17(13-15(14)2)22-21(26)24-11-9-16(10-12-24)20-23-18-5-3-4-6-19(18)25-20/h3-8,13,16H,9-12H2,1-2H3,(H,22,26). The number of para-hydroxylation sites is 2. The van der Waals surface area contributed by atoms with Crippen LogP contribution in [0.5, 0.6) is 0 Å². The lowest BCUT2D eigenvalue weighted by atomic mass is 9.97. The number of piperidine rings is 1. The third-order valence-electron chi connectivity index (χ3n) is 5.20. The number of oxazole rings is 1. The minimum atomic E-state index is 0.364. The van der Waals surface area contributed by atoms with Crippen molar-refractivity contribution in [3.05, 3.63) is 59.5 Å². The van der Waals surface area contributed by atoms with E-state index in [1.165, 1.54) is 11.1 Å². The molecule has 0 radical (unpaired) electrons. The van der Waals surface area contributed by atoms with Gasteiger partial charge in [-0.15, -0.1) is 0 Å². The van der Waals surface area contributed by atoms with E-state index in [1.54, 1.807) is 0 Å². The van der Waals surface area contributed by atoms with Crippen LogP contribution in [0.25, 0.3) is 11.1 Å². The highest BCUT2D eigenvalue weighted by atomic mass is 32.1. The predicted octanol–water partition coefficient (Wildman–Crippen LogP) is 5.02. The van der Waals surface area contributed by atoms with E-state index >= 15 is 0 Å². The summed E-state index contributed by atoms with van der Waals surface area (Å²) in [7, 11) is 0. The van der Waals surface area contributed by atoms with E-state index < -0.39 is 0 Å². The van der Waals surface area contributed by atoms with E-state index in [-0.39, 0.29) is 0 Å². The fraction of sp³-hybridized carbons (Fsp3) is 0.333. The lowest BCUT2D eigenvalue weighted by Crippen LogP contribution is -2.40. The van der Waals surface area contributed by atoms with Gasteiger partial charge in [-0.25, -0.2) is 4.98 Å². The van der Waals surface area contributed by atoms with E-state index in [2.05, 4.69) is 47.2 Å². The second-order valence-electron chi connectivity index (χ2n) is 7.01. The van der Waals surface area contributed by atoms with Gasteiger partial charge in [0.2, 0.25) is 0 Å². The molecule has 4 rings (SSSR count). The van der Waals surface area contributed by atoms with Crippen LogP contribution in [-0.2, 0) is 0 Å². The maximum Gasteiger partial charge on any atom is 0.198 e. The molecule has 4 nitrogen and oxygen atoms in total. The van der Waals surface area contributed by atoms with Gasteiger partial charge in [0.15, 0.2) is 16.6 Å². The summed E-state index contributed by atoms with van der Waals surface area (Å²) in [5.74, 6) is 1.22. The number of thiocarbonyl (C=S) groups is 1. The Morgan fingerprint density at radius 1 is 1.12 bits per heavy atom. The first-order valence-electron chi connectivity index (χ1n) is 9.09. The third-order valence-corrected chi connectivity index (χ3v) is 5.56. The number of fused-ring (bicyclic) bond motifs is 1. The van der Waals surface area contributed by atoms with Crippen LogP contribution < -0.4 is 5.32 Å². The van der Waals surface area contributed by atoms with Gasteiger partial charge in [0.05, 0.1) is 0 Å². The molecule has 5 heteroatoms. The molecule has 0 saturated carbocycles. The highest BCUT2D eigenvalue weighted by Crippen LogP contribution is 2.30. The SMILES string of the molecule is Cc1ccc(NC(=S)N2CCC(c3nc4ccccc4o3)CC2)cc1C. The molecule has 0 bridgehead atoms. The van der Waals surface area contributed by atoms with Gasteiger partial charge < -0.3 is 14.6 Å². The van der Waals surface area contributed by atoms with Gasteiger partial charge in [-0.2, -0.15) is 0 Å². The normalized spacial score (nSPS) is 15.4. The number of aryl methyl sites for hydroxylation is 2. The van der Waals surface area contributed by atoms with E-state index in [4.69, 9.17) is 16.6 Å². The third kappa shape index (κ3) is 3.44. The Hall–Kier alpha value is -2.40. The molecule has 1 N–H and O–H groups in total. The average molecular weight is 366 g/mol. The number of likely N-dealkylation sites (tertiary alicyclic amines) is 1. The van der Waals surface area contributed by atoms with Crippen LogP contribution in [-0.4, -0.2) is 28.1 Å². The average Bonchev–Trinajstić information content (AvgIpc) is 3.09. The van der Waals surface area contributed by atoms with Crippen molar-refractivity contribution in [2.24, 2.45) is 0 Å². The van der Waals surface area contributed by atoms with Crippen LogP contribution in [0, 0.1) is 13.8 Å². The summed E-state index contributed by atoms with van der Waals surface area (Å²) in [6.45, 7) is 6.07. The van der Waals surface area contributed by atoms with Gasteiger partial charge in [0.25, 0.3) is 0 Å². The number of nitrogens with one attached hydrogen (secondary N) is 1. The summed E-state index contributed by atoms with van der Waals surface area (Å²) >= 11 is 5.62. The zero-order valence-corrected chi connectivity index (χ0v) is 16.0. The lowest BCUT2D eigenvalue weighted by Gasteiger charge is -2.32.